The number of nitrogens with zero attached hydrogens (tertiary/aromatic N) is 1. The minimum absolute atomic E-state index is 1.07. The van der Waals surface area contributed by atoms with Crippen LogP contribution in [0.15, 0.2) is 121 Å². The average molecular weight is 448 g/mol. The molecule has 0 saturated carbocycles. The molecule has 0 amide bonds. The number of hydrogen-bond acceptors (Lipinski definition) is 0. The normalized spacial score (nSPS) is 11.7. The Labute approximate surface area is 204 Å². The number of benzene rings is 6. The van der Waals surface area contributed by atoms with Crippen molar-refractivity contribution < 1.29 is 0 Å². The number of aromatic nitrogens is 1. The first-order valence-corrected chi connectivity index (χ1v) is 12.3. The van der Waals surface area contributed by atoms with Crippen LogP contribution in [0.4, 0.5) is 0 Å². The third-order valence-electron chi connectivity index (χ3n) is 7.31. The van der Waals surface area contributed by atoms with E-state index in [1.54, 1.807) is 0 Å². The third-order valence-corrected chi connectivity index (χ3v) is 7.31. The lowest BCUT2D eigenvalue weighted by Gasteiger charge is -2.11. The van der Waals surface area contributed by atoms with Gasteiger partial charge in [0.1, 0.15) is 0 Å². The molecule has 1 nitrogen and oxygen atoms in total. The lowest BCUT2D eigenvalue weighted by Crippen LogP contribution is -1.93. The Hall–Kier alpha value is -4.36. The Balaban J connectivity index is 1.34. The number of hydrogen-bond donors (Lipinski definition) is 0. The highest BCUT2D eigenvalue weighted by Crippen LogP contribution is 2.34. The third kappa shape index (κ3) is 3.24. The Morgan fingerprint density at radius 1 is 0.486 bits per heavy atom. The maximum atomic E-state index is 2.38. The Morgan fingerprint density at radius 3 is 1.63 bits per heavy atom. The van der Waals surface area contributed by atoms with E-state index in [0.29, 0.717) is 0 Å². The molecule has 1 heterocycles. The van der Waals surface area contributed by atoms with Crippen molar-refractivity contribution in [1.82, 2.24) is 4.57 Å². The van der Waals surface area contributed by atoms with Gasteiger partial charge in [0.05, 0.1) is 11.0 Å². The monoisotopic (exact) mass is 447 g/mol. The van der Waals surface area contributed by atoms with E-state index in [1.807, 2.05) is 0 Å². The van der Waals surface area contributed by atoms with Crippen molar-refractivity contribution in [2.45, 2.75) is 13.3 Å². The molecule has 0 atom stereocenters. The molecule has 1 heteroatoms. The molecule has 166 valence electrons. The van der Waals surface area contributed by atoms with Gasteiger partial charge in [0.15, 0.2) is 0 Å². The van der Waals surface area contributed by atoms with Gasteiger partial charge < -0.3 is 4.57 Å². The summed E-state index contributed by atoms with van der Waals surface area (Å²) in [6, 6.07) is 44.6. The van der Waals surface area contributed by atoms with Crippen LogP contribution in [0.1, 0.15) is 12.5 Å². The molecule has 0 bridgehead atoms. The first-order chi connectivity index (χ1) is 17.3. The van der Waals surface area contributed by atoms with Crippen LogP contribution in [-0.2, 0) is 6.42 Å². The van der Waals surface area contributed by atoms with Gasteiger partial charge in [0, 0.05) is 16.5 Å². The van der Waals surface area contributed by atoms with Crippen LogP contribution >= 0.6 is 0 Å². The van der Waals surface area contributed by atoms with Gasteiger partial charge in [-0.05, 0) is 81.1 Å². The number of aryl methyl sites for hydroxylation is 1. The SMILES string of the molecule is CCc1ccc2cc(-c3ccc4cc(-n5c6ccccc6c6ccccc65)ccc4c3)ccc2c1. The van der Waals surface area contributed by atoms with Crippen molar-refractivity contribution in [1.29, 1.82) is 0 Å². The predicted octanol–water partition coefficient (Wildman–Crippen LogP) is 9.32. The minimum atomic E-state index is 1.07. The molecule has 35 heavy (non-hydrogen) atoms. The Bertz CT molecular complexity index is 1830. The molecule has 7 aromatic rings. The number of fused-ring (bicyclic) bond motifs is 5. The van der Waals surface area contributed by atoms with E-state index in [2.05, 4.69) is 133 Å². The van der Waals surface area contributed by atoms with E-state index in [-0.39, 0.29) is 0 Å². The summed E-state index contributed by atoms with van der Waals surface area (Å²) in [5.41, 5.74) is 7.58. The van der Waals surface area contributed by atoms with Crippen molar-refractivity contribution in [2.75, 3.05) is 0 Å². The fraction of sp³-hybridized carbons (Fsp3) is 0.0588. The molecular weight excluding hydrogens is 422 g/mol. The van der Waals surface area contributed by atoms with Crippen LogP contribution in [-0.4, -0.2) is 4.57 Å². The molecule has 0 fully saturated rings. The van der Waals surface area contributed by atoms with E-state index >= 15 is 0 Å². The Morgan fingerprint density at radius 2 is 1.00 bits per heavy atom. The number of rotatable bonds is 3. The van der Waals surface area contributed by atoms with Crippen LogP contribution in [0.2, 0.25) is 0 Å². The van der Waals surface area contributed by atoms with Gasteiger partial charge in [-0.2, -0.15) is 0 Å². The standard InChI is InChI=1S/C34H25N/c1-2-23-11-12-25-20-26(14-13-24(25)19-23)27-15-16-29-22-30(18-17-28(29)21-27)35-33-9-5-3-7-31(33)32-8-4-6-10-34(32)35/h3-22H,2H2,1H3. The van der Waals surface area contributed by atoms with Crippen LogP contribution in [0.25, 0.3) is 60.2 Å². The van der Waals surface area contributed by atoms with Crippen LogP contribution in [0.3, 0.4) is 0 Å². The average Bonchev–Trinajstić information content (AvgIpc) is 3.26. The molecule has 0 unspecified atom stereocenters. The summed E-state index contributed by atoms with van der Waals surface area (Å²) < 4.78 is 2.38. The molecule has 0 aliphatic carbocycles. The summed E-state index contributed by atoms with van der Waals surface area (Å²) in [5.74, 6) is 0. The van der Waals surface area contributed by atoms with E-state index < -0.39 is 0 Å². The first-order valence-electron chi connectivity index (χ1n) is 12.3. The highest BCUT2D eigenvalue weighted by atomic mass is 15.0. The summed E-state index contributed by atoms with van der Waals surface area (Å²) in [6.45, 7) is 2.21. The van der Waals surface area contributed by atoms with E-state index in [9.17, 15) is 0 Å². The maximum Gasteiger partial charge on any atom is 0.0541 e. The zero-order chi connectivity index (χ0) is 23.4. The largest absolute Gasteiger partial charge is 0.309 e. The molecule has 7 rings (SSSR count). The van der Waals surface area contributed by atoms with Crippen LogP contribution in [0, 0.1) is 0 Å². The van der Waals surface area contributed by atoms with Gasteiger partial charge in [-0.3, -0.25) is 0 Å². The molecule has 0 aliphatic rings. The smallest absolute Gasteiger partial charge is 0.0541 e. The molecule has 0 N–H and O–H groups in total. The summed E-state index contributed by atoms with van der Waals surface area (Å²) in [7, 11) is 0. The zero-order valence-electron chi connectivity index (χ0n) is 19.7. The topological polar surface area (TPSA) is 4.93 Å². The predicted molar refractivity (Wildman–Crippen MR) is 151 cm³/mol. The molecule has 0 spiro atoms. The highest BCUT2D eigenvalue weighted by molar-refractivity contribution is 6.09. The summed E-state index contributed by atoms with van der Waals surface area (Å²) in [5, 5.41) is 7.70. The fourth-order valence-corrected chi connectivity index (χ4v) is 5.45. The summed E-state index contributed by atoms with van der Waals surface area (Å²) >= 11 is 0. The summed E-state index contributed by atoms with van der Waals surface area (Å²) in [4.78, 5) is 0. The maximum absolute atomic E-state index is 2.38. The van der Waals surface area contributed by atoms with Crippen molar-refractivity contribution in [3.63, 3.8) is 0 Å². The molecule has 0 radical (unpaired) electrons. The lowest BCUT2D eigenvalue weighted by atomic mass is 9.97. The van der Waals surface area contributed by atoms with Gasteiger partial charge >= 0.3 is 0 Å². The van der Waals surface area contributed by atoms with Crippen LogP contribution in [0.5, 0.6) is 0 Å². The molecule has 0 saturated heterocycles. The molecule has 6 aromatic carbocycles. The highest BCUT2D eigenvalue weighted by Gasteiger charge is 2.12. The molecular formula is C34H25N. The molecule has 1 aromatic heterocycles. The van der Waals surface area contributed by atoms with Gasteiger partial charge in [-0.15, -0.1) is 0 Å². The second-order valence-electron chi connectivity index (χ2n) is 9.37. The van der Waals surface area contributed by atoms with Crippen molar-refractivity contribution in [3.05, 3.63) is 127 Å². The van der Waals surface area contributed by atoms with E-state index in [1.165, 1.54) is 65.7 Å². The van der Waals surface area contributed by atoms with Gasteiger partial charge in [-0.1, -0.05) is 91.9 Å². The fourth-order valence-electron chi connectivity index (χ4n) is 5.45. The van der Waals surface area contributed by atoms with Gasteiger partial charge in [-0.25, -0.2) is 0 Å². The quantitative estimate of drug-likeness (QED) is 0.254. The zero-order valence-corrected chi connectivity index (χ0v) is 19.7. The second-order valence-corrected chi connectivity index (χ2v) is 9.37. The Kier molecular flexibility index (Phi) is 4.50. The van der Waals surface area contributed by atoms with Crippen molar-refractivity contribution in [3.8, 4) is 16.8 Å². The van der Waals surface area contributed by atoms with E-state index in [0.717, 1.165) is 6.42 Å². The number of para-hydroxylation sites is 2. The van der Waals surface area contributed by atoms with Crippen LogP contribution < -0.4 is 0 Å². The van der Waals surface area contributed by atoms with Gasteiger partial charge in [0.2, 0.25) is 0 Å². The van der Waals surface area contributed by atoms with Crippen molar-refractivity contribution in [2.24, 2.45) is 0 Å². The second kappa shape index (κ2) is 7.85. The first kappa shape index (κ1) is 20.1. The molecule has 0 aliphatic heterocycles. The minimum Gasteiger partial charge on any atom is -0.309 e. The van der Waals surface area contributed by atoms with Gasteiger partial charge in [0.25, 0.3) is 0 Å². The lowest BCUT2D eigenvalue weighted by molar-refractivity contribution is 1.15. The van der Waals surface area contributed by atoms with E-state index in [4.69, 9.17) is 0 Å². The summed E-state index contributed by atoms with van der Waals surface area (Å²) in [6.07, 6.45) is 1.07. The van der Waals surface area contributed by atoms with Crippen molar-refractivity contribution >= 4 is 43.4 Å².